The van der Waals surface area contributed by atoms with Crippen LogP contribution in [0.4, 0.5) is 4.79 Å². The quantitative estimate of drug-likeness (QED) is 0.909. The number of carbonyl (C=O) groups excluding carboxylic acids is 1. The number of nitrogens with one attached hydrogen (secondary N) is 1. The Labute approximate surface area is 148 Å². The van der Waals surface area contributed by atoms with E-state index in [4.69, 9.17) is 0 Å². The molecule has 1 aromatic heterocycles. The summed E-state index contributed by atoms with van der Waals surface area (Å²) in [7, 11) is 3.46. The minimum Gasteiger partial charge on any atom is -0.332 e. The van der Waals surface area contributed by atoms with E-state index < -0.39 is 0 Å². The van der Waals surface area contributed by atoms with Crippen molar-refractivity contribution < 1.29 is 4.79 Å². The molecule has 0 saturated carbocycles. The molecule has 25 heavy (non-hydrogen) atoms. The van der Waals surface area contributed by atoms with Crippen molar-refractivity contribution in [2.75, 3.05) is 20.6 Å². The normalized spacial score (nSPS) is 14.0. The van der Waals surface area contributed by atoms with Crippen molar-refractivity contribution in [3.8, 4) is 0 Å². The first-order valence-electron chi connectivity index (χ1n) is 8.49. The van der Waals surface area contributed by atoms with Crippen LogP contribution in [0.2, 0.25) is 0 Å². The minimum atomic E-state index is -0.102. The maximum Gasteiger partial charge on any atom is 0.317 e. The van der Waals surface area contributed by atoms with E-state index in [0.29, 0.717) is 6.54 Å². The molecule has 0 spiro atoms. The molecule has 0 aliphatic carbocycles. The fourth-order valence-corrected chi connectivity index (χ4v) is 3.00. The molecule has 2 aromatic rings. The van der Waals surface area contributed by atoms with Gasteiger partial charge in [-0.1, -0.05) is 36.9 Å². The molecule has 0 saturated heterocycles. The summed E-state index contributed by atoms with van der Waals surface area (Å²) in [6.07, 6.45) is 1.88. The molecule has 1 aliphatic rings. The zero-order chi connectivity index (χ0) is 17.8. The molecule has 0 bridgehead atoms. The van der Waals surface area contributed by atoms with Crippen LogP contribution in [0.3, 0.4) is 0 Å². The van der Waals surface area contributed by atoms with Crippen LogP contribution in [-0.2, 0) is 26.2 Å². The highest BCUT2D eigenvalue weighted by atomic mass is 16.2. The Hall–Kier alpha value is -2.60. The average molecular weight is 339 g/mol. The molecule has 132 valence electrons. The highest BCUT2D eigenvalue weighted by Gasteiger charge is 2.18. The van der Waals surface area contributed by atoms with Crippen molar-refractivity contribution >= 4 is 12.1 Å². The van der Waals surface area contributed by atoms with Gasteiger partial charge in [-0.25, -0.2) is 4.79 Å². The number of urea groups is 1. The third-order valence-electron chi connectivity index (χ3n) is 4.35. The molecule has 2 heterocycles. The maximum atomic E-state index is 11.6. The molecule has 6 nitrogen and oxygen atoms in total. The molecule has 0 fully saturated rings. The summed E-state index contributed by atoms with van der Waals surface area (Å²) >= 11 is 0. The third-order valence-corrected chi connectivity index (χ3v) is 4.35. The van der Waals surface area contributed by atoms with E-state index in [0.717, 1.165) is 37.4 Å². The number of hydrogen-bond donors (Lipinski definition) is 1. The van der Waals surface area contributed by atoms with Crippen LogP contribution in [0.15, 0.2) is 36.9 Å². The van der Waals surface area contributed by atoms with E-state index in [1.165, 1.54) is 16.2 Å². The van der Waals surface area contributed by atoms with Gasteiger partial charge in [-0.3, -0.25) is 9.58 Å². The standard InChI is InChI=1S/C19H25N5O/c1-4-15-6-5-7-16(10-15)13-23-8-9-24-18(14-23)11-17(21-24)12-20-19(25)22(2)3/h4-7,10-11H,1,8-9,12-14H2,2-3H3,(H,20,25). The summed E-state index contributed by atoms with van der Waals surface area (Å²) in [4.78, 5) is 15.6. The van der Waals surface area contributed by atoms with Crippen LogP contribution in [0, 0.1) is 0 Å². The summed E-state index contributed by atoms with van der Waals surface area (Å²) < 4.78 is 2.05. The Morgan fingerprint density at radius 1 is 1.36 bits per heavy atom. The topological polar surface area (TPSA) is 53.4 Å². The van der Waals surface area contributed by atoms with Gasteiger partial charge in [0.2, 0.25) is 0 Å². The lowest BCUT2D eigenvalue weighted by Crippen LogP contribution is -2.34. The number of nitrogens with zero attached hydrogens (tertiary/aromatic N) is 4. The van der Waals surface area contributed by atoms with Gasteiger partial charge in [-0.05, 0) is 17.2 Å². The first kappa shape index (κ1) is 17.2. The zero-order valence-electron chi connectivity index (χ0n) is 14.9. The van der Waals surface area contributed by atoms with E-state index >= 15 is 0 Å². The highest BCUT2D eigenvalue weighted by Crippen LogP contribution is 2.17. The van der Waals surface area contributed by atoms with Crippen molar-refractivity contribution in [3.05, 3.63) is 59.4 Å². The van der Waals surface area contributed by atoms with Gasteiger partial charge in [0.05, 0.1) is 24.5 Å². The van der Waals surface area contributed by atoms with Crippen molar-refractivity contribution in [1.29, 1.82) is 0 Å². The van der Waals surface area contributed by atoms with Gasteiger partial charge < -0.3 is 10.2 Å². The Kier molecular flexibility index (Phi) is 5.19. The fourth-order valence-electron chi connectivity index (χ4n) is 3.00. The molecular formula is C19H25N5O. The largest absolute Gasteiger partial charge is 0.332 e. The summed E-state index contributed by atoms with van der Waals surface area (Å²) in [6, 6.07) is 10.5. The molecule has 0 unspecified atom stereocenters. The molecule has 1 N–H and O–H groups in total. The maximum absolute atomic E-state index is 11.6. The molecular weight excluding hydrogens is 314 g/mol. The zero-order valence-corrected chi connectivity index (χ0v) is 14.9. The van der Waals surface area contributed by atoms with Gasteiger partial charge in [-0.2, -0.15) is 5.10 Å². The number of rotatable bonds is 5. The van der Waals surface area contributed by atoms with E-state index in [1.54, 1.807) is 14.1 Å². The average Bonchev–Trinajstić information content (AvgIpc) is 3.01. The smallest absolute Gasteiger partial charge is 0.317 e. The lowest BCUT2D eigenvalue weighted by atomic mass is 10.1. The van der Waals surface area contributed by atoms with E-state index in [-0.39, 0.29) is 6.03 Å². The Balaban J connectivity index is 1.61. The minimum absolute atomic E-state index is 0.102. The van der Waals surface area contributed by atoms with Crippen molar-refractivity contribution in [3.63, 3.8) is 0 Å². The molecule has 3 rings (SSSR count). The number of aromatic nitrogens is 2. The highest BCUT2D eigenvalue weighted by molar-refractivity contribution is 5.73. The lowest BCUT2D eigenvalue weighted by molar-refractivity contribution is 0.205. The number of hydrogen-bond acceptors (Lipinski definition) is 3. The predicted octanol–water partition coefficient (Wildman–Crippen LogP) is 2.31. The SMILES string of the molecule is C=Cc1cccc(CN2CCn3nc(CNC(=O)N(C)C)cc3C2)c1. The van der Waals surface area contributed by atoms with E-state index in [2.05, 4.69) is 52.2 Å². The first-order valence-corrected chi connectivity index (χ1v) is 8.49. The van der Waals surface area contributed by atoms with Crippen LogP contribution in [0.25, 0.3) is 6.08 Å². The summed E-state index contributed by atoms with van der Waals surface area (Å²) in [5.74, 6) is 0. The number of benzene rings is 1. The second kappa shape index (κ2) is 7.53. The first-order chi connectivity index (χ1) is 12.0. The number of fused-ring (bicyclic) bond motifs is 1. The number of carbonyl (C=O) groups is 1. The Morgan fingerprint density at radius 3 is 2.96 bits per heavy atom. The van der Waals surface area contributed by atoms with Gasteiger partial charge >= 0.3 is 6.03 Å². The molecule has 1 aromatic carbocycles. The van der Waals surface area contributed by atoms with Crippen LogP contribution < -0.4 is 5.32 Å². The van der Waals surface area contributed by atoms with Crippen molar-refractivity contribution in [1.82, 2.24) is 24.9 Å². The Bertz CT molecular complexity index is 765. The Morgan fingerprint density at radius 2 is 2.20 bits per heavy atom. The van der Waals surface area contributed by atoms with Gasteiger partial charge in [0.15, 0.2) is 0 Å². The number of amides is 2. The van der Waals surface area contributed by atoms with Crippen LogP contribution >= 0.6 is 0 Å². The molecule has 2 amide bonds. The van der Waals surface area contributed by atoms with E-state index in [9.17, 15) is 4.79 Å². The predicted molar refractivity (Wildman–Crippen MR) is 98.8 cm³/mol. The monoisotopic (exact) mass is 339 g/mol. The van der Waals surface area contributed by atoms with Crippen molar-refractivity contribution in [2.45, 2.75) is 26.2 Å². The van der Waals surface area contributed by atoms with Gasteiger partial charge in [-0.15, -0.1) is 0 Å². The van der Waals surface area contributed by atoms with Gasteiger partial charge in [0.25, 0.3) is 0 Å². The molecule has 6 heteroatoms. The molecule has 1 aliphatic heterocycles. The second-order valence-corrected chi connectivity index (χ2v) is 6.56. The van der Waals surface area contributed by atoms with Gasteiger partial charge in [0.1, 0.15) is 0 Å². The second-order valence-electron chi connectivity index (χ2n) is 6.56. The van der Waals surface area contributed by atoms with Crippen LogP contribution in [-0.4, -0.2) is 46.3 Å². The van der Waals surface area contributed by atoms with Crippen LogP contribution in [0.5, 0.6) is 0 Å². The molecule has 0 atom stereocenters. The van der Waals surface area contributed by atoms with Gasteiger partial charge in [0, 0.05) is 33.7 Å². The lowest BCUT2D eigenvalue weighted by Gasteiger charge is -2.27. The molecule has 0 radical (unpaired) electrons. The van der Waals surface area contributed by atoms with Crippen molar-refractivity contribution in [2.24, 2.45) is 0 Å². The van der Waals surface area contributed by atoms with Crippen LogP contribution in [0.1, 0.15) is 22.5 Å². The summed E-state index contributed by atoms with van der Waals surface area (Å²) in [5.41, 5.74) is 4.54. The third kappa shape index (κ3) is 4.28. The summed E-state index contributed by atoms with van der Waals surface area (Å²) in [5, 5.41) is 7.45. The summed E-state index contributed by atoms with van der Waals surface area (Å²) in [6.45, 7) is 7.92. The van der Waals surface area contributed by atoms with E-state index in [1.807, 2.05) is 10.8 Å². The fraction of sp³-hybridized carbons (Fsp3) is 0.368.